The van der Waals surface area contributed by atoms with Gasteiger partial charge in [-0.2, -0.15) is 0 Å². The van der Waals surface area contributed by atoms with Gasteiger partial charge in [0.05, 0.1) is 25.1 Å². The van der Waals surface area contributed by atoms with Crippen molar-refractivity contribution in [3.05, 3.63) is 0 Å². The number of hydrogen-bond donors (Lipinski definition) is 1. The first-order valence-electron chi connectivity index (χ1n) is 6.53. The van der Waals surface area contributed by atoms with Crippen LogP contribution in [-0.4, -0.2) is 50.8 Å². The van der Waals surface area contributed by atoms with E-state index in [-0.39, 0.29) is 6.04 Å². The van der Waals surface area contributed by atoms with Gasteiger partial charge in [0.1, 0.15) is 0 Å². The lowest BCUT2D eigenvalue weighted by Crippen LogP contribution is -2.45. The Balaban J connectivity index is 2.56. The molecule has 1 saturated carbocycles. The molecule has 0 bridgehead atoms. The van der Waals surface area contributed by atoms with Gasteiger partial charge in [-0.3, -0.25) is 5.41 Å². The molecule has 0 radical (unpaired) electrons. The molecule has 1 unspecified atom stereocenters. The zero-order valence-electron chi connectivity index (χ0n) is 11.4. The average molecular weight is 242 g/mol. The summed E-state index contributed by atoms with van der Waals surface area (Å²) in [6.07, 6.45) is 4.87. The van der Waals surface area contributed by atoms with Crippen LogP contribution in [0.25, 0.3) is 0 Å². The SMILES string of the molecule is COCCN(C(=N)C1CCCC1)C(C)COC. The van der Waals surface area contributed by atoms with Gasteiger partial charge < -0.3 is 14.4 Å². The summed E-state index contributed by atoms with van der Waals surface area (Å²) in [5.41, 5.74) is 0. The summed E-state index contributed by atoms with van der Waals surface area (Å²) in [5.74, 6) is 1.23. The standard InChI is InChI=1S/C13H26N2O2/c1-11(10-17-3)15(8-9-16-2)13(14)12-6-4-5-7-12/h11-12,14H,4-10H2,1-3H3. The Hall–Kier alpha value is -0.610. The second kappa shape index (κ2) is 7.67. The van der Waals surface area contributed by atoms with Crippen LogP contribution in [0.3, 0.4) is 0 Å². The first-order valence-corrected chi connectivity index (χ1v) is 6.53. The highest BCUT2D eigenvalue weighted by atomic mass is 16.5. The minimum Gasteiger partial charge on any atom is -0.383 e. The Bertz CT molecular complexity index is 227. The molecular weight excluding hydrogens is 216 g/mol. The van der Waals surface area contributed by atoms with Crippen molar-refractivity contribution in [1.82, 2.24) is 4.90 Å². The Morgan fingerprint density at radius 3 is 2.47 bits per heavy atom. The van der Waals surface area contributed by atoms with Gasteiger partial charge in [-0.1, -0.05) is 12.8 Å². The molecule has 0 heterocycles. The predicted molar refractivity (Wildman–Crippen MR) is 69.6 cm³/mol. The number of nitrogens with one attached hydrogen (secondary N) is 1. The maximum absolute atomic E-state index is 8.35. The van der Waals surface area contributed by atoms with E-state index in [1.54, 1.807) is 14.2 Å². The van der Waals surface area contributed by atoms with Crippen molar-refractivity contribution in [2.24, 2.45) is 5.92 Å². The summed E-state index contributed by atoms with van der Waals surface area (Å²) in [7, 11) is 3.42. The molecular formula is C13H26N2O2. The number of ether oxygens (including phenoxy) is 2. The van der Waals surface area contributed by atoms with Gasteiger partial charge in [-0.05, 0) is 19.8 Å². The second-order valence-electron chi connectivity index (χ2n) is 4.86. The van der Waals surface area contributed by atoms with Crippen LogP contribution in [0, 0.1) is 11.3 Å². The van der Waals surface area contributed by atoms with Gasteiger partial charge in [-0.25, -0.2) is 0 Å². The minimum absolute atomic E-state index is 0.253. The van der Waals surface area contributed by atoms with Crippen molar-refractivity contribution < 1.29 is 9.47 Å². The largest absolute Gasteiger partial charge is 0.383 e. The molecule has 1 rings (SSSR count). The second-order valence-corrected chi connectivity index (χ2v) is 4.86. The fourth-order valence-corrected chi connectivity index (χ4v) is 2.53. The van der Waals surface area contributed by atoms with Crippen LogP contribution in [0.2, 0.25) is 0 Å². The molecule has 1 aliphatic rings. The number of amidine groups is 1. The van der Waals surface area contributed by atoms with Gasteiger partial charge in [0, 0.05) is 26.7 Å². The molecule has 4 heteroatoms. The quantitative estimate of drug-likeness (QED) is 0.549. The highest BCUT2D eigenvalue weighted by molar-refractivity contribution is 5.82. The molecule has 0 aromatic heterocycles. The molecule has 0 amide bonds. The van der Waals surface area contributed by atoms with Gasteiger partial charge in [0.15, 0.2) is 0 Å². The van der Waals surface area contributed by atoms with Crippen molar-refractivity contribution in [2.45, 2.75) is 38.6 Å². The zero-order valence-corrected chi connectivity index (χ0v) is 11.4. The monoisotopic (exact) mass is 242 g/mol. The normalized spacial score (nSPS) is 18.3. The van der Waals surface area contributed by atoms with Gasteiger partial charge >= 0.3 is 0 Å². The molecule has 0 aliphatic heterocycles. The summed E-state index contributed by atoms with van der Waals surface area (Å²) in [6, 6.07) is 0.253. The molecule has 100 valence electrons. The van der Waals surface area contributed by atoms with E-state index in [0.29, 0.717) is 19.1 Å². The van der Waals surface area contributed by atoms with Crippen LogP contribution in [0.15, 0.2) is 0 Å². The minimum atomic E-state index is 0.253. The van der Waals surface area contributed by atoms with Crippen molar-refractivity contribution in [2.75, 3.05) is 34.0 Å². The molecule has 4 nitrogen and oxygen atoms in total. The first kappa shape index (κ1) is 14.5. The molecule has 1 aliphatic carbocycles. The molecule has 0 saturated heterocycles. The molecule has 1 atom stereocenters. The van der Waals surface area contributed by atoms with E-state index in [2.05, 4.69) is 11.8 Å². The molecule has 1 N–H and O–H groups in total. The van der Waals surface area contributed by atoms with Gasteiger partial charge in [0.2, 0.25) is 0 Å². The van der Waals surface area contributed by atoms with E-state index in [9.17, 15) is 0 Å². The van der Waals surface area contributed by atoms with E-state index in [4.69, 9.17) is 14.9 Å². The third kappa shape index (κ3) is 4.28. The van der Waals surface area contributed by atoms with E-state index in [0.717, 1.165) is 12.4 Å². The number of hydrogen-bond acceptors (Lipinski definition) is 3. The Morgan fingerprint density at radius 2 is 1.94 bits per heavy atom. The van der Waals surface area contributed by atoms with E-state index >= 15 is 0 Å². The Labute approximate surface area is 105 Å². The fourth-order valence-electron chi connectivity index (χ4n) is 2.53. The van der Waals surface area contributed by atoms with E-state index < -0.39 is 0 Å². The summed E-state index contributed by atoms with van der Waals surface area (Å²) in [6.45, 7) is 4.24. The molecule has 17 heavy (non-hydrogen) atoms. The van der Waals surface area contributed by atoms with Crippen molar-refractivity contribution in [3.63, 3.8) is 0 Å². The van der Waals surface area contributed by atoms with Crippen LogP contribution in [0.4, 0.5) is 0 Å². The van der Waals surface area contributed by atoms with Crippen LogP contribution in [-0.2, 0) is 9.47 Å². The number of nitrogens with zero attached hydrogens (tertiary/aromatic N) is 1. The molecule has 0 aromatic carbocycles. The topological polar surface area (TPSA) is 45.5 Å². The summed E-state index contributed by atoms with van der Waals surface area (Å²) in [5, 5.41) is 8.35. The predicted octanol–water partition coefficient (Wildman–Crippen LogP) is 2.14. The van der Waals surface area contributed by atoms with Crippen LogP contribution >= 0.6 is 0 Å². The summed E-state index contributed by atoms with van der Waals surface area (Å²) in [4.78, 5) is 2.14. The summed E-state index contributed by atoms with van der Waals surface area (Å²) < 4.78 is 10.3. The lowest BCUT2D eigenvalue weighted by Gasteiger charge is -2.33. The maximum Gasteiger partial charge on any atom is 0.0993 e. The van der Waals surface area contributed by atoms with Crippen molar-refractivity contribution in [3.8, 4) is 0 Å². The Morgan fingerprint density at radius 1 is 1.29 bits per heavy atom. The molecule has 1 fully saturated rings. The number of rotatable bonds is 7. The summed E-state index contributed by atoms with van der Waals surface area (Å²) >= 11 is 0. The zero-order chi connectivity index (χ0) is 12.7. The highest BCUT2D eigenvalue weighted by Crippen LogP contribution is 2.27. The van der Waals surface area contributed by atoms with Gasteiger partial charge in [0.25, 0.3) is 0 Å². The smallest absolute Gasteiger partial charge is 0.0993 e. The first-order chi connectivity index (χ1) is 8.20. The van der Waals surface area contributed by atoms with Crippen LogP contribution in [0.5, 0.6) is 0 Å². The lowest BCUT2D eigenvalue weighted by molar-refractivity contribution is 0.110. The third-order valence-electron chi connectivity index (χ3n) is 3.53. The van der Waals surface area contributed by atoms with Crippen LogP contribution in [0.1, 0.15) is 32.6 Å². The average Bonchev–Trinajstić information content (AvgIpc) is 2.83. The van der Waals surface area contributed by atoms with E-state index in [1.807, 2.05) is 0 Å². The third-order valence-corrected chi connectivity index (χ3v) is 3.53. The maximum atomic E-state index is 8.35. The van der Waals surface area contributed by atoms with Crippen molar-refractivity contribution in [1.29, 1.82) is 5.41 Å². The van der Waals surface area contributed by atoms with Crippen LogP contribution < -0.4 is 0 Å². The number of methoxy groups -OCH3 is 2. The Kier molecular flexibility index (Phi) is 6.52. The highest BCUT2D eigenvalue weighted by Gasteiger charge is 2.26. The van der Waals surface area contributed by atoms with Gasteiger partial charge in [-0.15, -0.1) is 0 Å². The van der Waals surface area contributed by atoms with Crippen molar-refractivity contribution >= 4 is 5.84 Å². The molecule has 0 spiro atoms. The lowest BCUT2D eigenvalue weighted by atomic mass is 10.0. The molecule has 0 aromatic rings. The van der Waals surface area contributed by atoms with E-state index in [1.165, 1.54) is 25.7 Å². The fraction of sp³-hybridized carbons (Fsp3) is 0.923.